The molecule has 1 N–H and O–H groups in total. The molecule has 0 bridgehead atoms. The van der Waals surface area contributed by atoms with Crippen molar-refractivity contribution in [2.75, 3.05) is 19.7 Å². The van der Waals surface area contributed by atoms with Crippen molar-refractivity contribution in [1.82, 2.24) is 9.80 Å². The van der Waals surface area contributed by atoms with Gasteiger partial charge in [0.1, 0.15) is 6.10 Å². The molecule has 2 fully saturated rings. The Balaban J connectivity index is 1.96. The number of ether oxygens (including phenoxy) is 1. The fourth-order valence-corrected chi connectivity index (χ4v) is 3.05. The van der Waals surface area contributed by atoms with E-state index in [9.17, 15) is 14.7 Å². The van der Waals surface area contributed by atoms with E-state index in [2.05, 4.69) is 0 Å². The van der Waals surface area contributed by atoms with E-state index in [1.165, 1.54) is 0 Å². The lowest BCUT2D eigenvalue weighted by atomic mass is 10.00. The van der Waals surface area contributed by atoms with Crippen LogP contribution in [-0.2, 0) is 9.53 Å². The molecule has 2 amide bonds. The predicted molar refractivity (Wildman–Crippen MR) is 73.1 cm³/mol. The van der Waals surface area contributed by atoms with Crippen LogP contribution in [0, 0.1) is 5.92 Å². The van der Waals surface area contributed by atoms with Crippen LogP contribution in [0.1, 0.15) is 33.6 Å². The van der Waals surface area contributed by atoms with E-state index in [0.717, 1.165) is 12.8 Å². The van der Waals surface area contributed by atoms with Crippen molar-refractivity contribution in [3.05, 3.63) is 0 Å². The Morgan fingerprint density at radius 2 is 2.00 bits per heavy atom. The molecule has 2 atom stereocenters. The number of likely N-dealkylation sites (tertiary alicyclic amines) is 1. The highest BCUT2D eigenvalue weighted by Gasteiger charge is 2.43. The monoisotopic (exact) mass is 284 g/mol. The Labute approximate surface area is 119 Å². The van der Waals surface area contributed by atoms with Crippen LogP contribution in [0.5, 0.6) is 0 Å². The number of piperidine rings is 1. The number of carbonyl (C=O) groups excluding carboxylic acids is 2. The summed E-state index contributed by atoms with van der Waals surface area (Å²) in [5, 5.41) is 9.43. The van der Waals surface area contributed by atoms with Crippen molar-refractivity contribution < 1.29 is 19.4 Å². The SMILES string of the molecule is CC(C)C(=O)N1CCC(N2C(=O)OC(C)C2CO)CC1. The van der Waals surface area contributed by atoms with E-state index in [4.69, 9.17) is 4.74 Å². The third kappa shape index (κ3) is 2.75. The number of hydrogen-bond donors (Lipinski definition) is 1. The summed E-state index contributed by atoms with van der Waals surface area (Å²) in [6.07, 6.45) is 0.876. The summed E-state index contributed by atoms with van der Waals surface area (Å²) < 4.78 is 5.19. The van der Waals surface area contributed by atoms with Gasteiger partial charge in [-0.15, -0.1) is 0 Å². The van der Waals surface area contributed by atoms with Crippen molar-refractivity contribution in [2.24, 2.45) is 5.92 Å². The van der Waals surface area contributed by atoms with Gasteiger partial charge in [-0.1, -0.05) is 13.8 Å². The summed E-state index contributed by atoms with van der Waals surface area (Å²) in [7, 11) is 0. The highest BCUT2D eigenvalue weighted by atomic mass is 16.6. The van der Waals surface area contributed by atoms with Gasteiger partial charge in [0, 0.05) is 25.0 Å². The van der Waals surface area contributed by atoms with Gasteiger partial charge < -0.3 is 14.7 Å². The molecule has 2 unspecified atom stereocenters. The second-order valence-electron chi connectivity index (χ2n) is 5.96. The molecular weight excluding hydrogens is 260 g/mol. The Hall–Kier alpha value is -1.30. The van der Waals surface area contributed by atoms with E-state index in [-0.39, 0.29) is 42.7 Å². The first-order valence-electron chi connectivity index (χ1n) is 7.34. The van der Waals surface area contributed by atoms with Gasteiger partial charge in [-0.05, 0) is 19.8 Å². The molecule has 2 rings (SSSR count). The molecule has 2 aliphatic rings. The standard InChI is InChI=1S/C14H24N2O4/c1-9(2)13(18)15-6-4-11(5-7-15)16-12(8-17)10(3)20-14(16)19/h9-12,17H,4-8H2,1-3H3. The molecule has 20 heavy (non-hydrogen) atoms. The minimum absolute atomic E-state index is 0.00788. The summed E-state index contributed by atoms with van der Waals surface area (Å²) in [6.45, 7) is 6.84. The molecule has 0 saturated carbocycles. The Bertz CT molecular complexity index is 377. The summed E-state index contributed by atoms with van der Waals surface area (Å²) in [4.78, 5) is 27.4. The van der Waals surface area contributed by atoms with E-state index in [1.807, 2.05) is 18.7 Å². The normalized spacial score (nSPS) is 28.1. The van der Waals surface area contributed by atoms with Crippen LogP contribution in [0.25, 0.3) is 0 Å². The van der Waals surface area contributed by atoms with Crippen LogP contribution in [0.15, 0.2) is 0 Å². The summed E-state index contributed by atoms with van der Waals surface area (Å²) in [5.74, 6) is 0.174. The minimum atomic E-state index is -0.342. The fourth-order valence-electron chi connectivity index (χ4n) is 3.05. The summed E-state index contributed by atoms with van der Waals surface area (Å²) in [6, 6.07) is -0.208. The zero-order valence-electron chi connectivity index (χ0n) is 12.4. The molecule has 0 radical (unpaired) electrons. The van der Waals surface area contributed by atoms with Gasteiger partial charge >= 0.3 is 6.09 Å². The highest BCUT2D eigenvalue weighted by molar-refractivity contribution is 5.78. The average molecular weight is 284 g/mol. The number of amides is 2. The van der Waals surface area contributed by atoms with Crippen LogP contribution in [0.2, 0.25) is 0 Å². The minimum Gasteiger partial charge on any atom is -0.444 e. The average Bonchev–Trinajstić information content (AvgIpc) is 2.72. The third-order valence-electron chi connectivity index (χ3n) is 4.25. The first-order chi connectivity index (χ1) is 9.45. The number of carbonyl (C=O) groups is 2. The number of nitrogens with zero attached hydrogens (tertiary/aromatic N) is 2. The molecule has 0 spiro atoms. The van der Waals surface area contributed by atoms with Gasteiger partial charge in [-0.2, -0.15) is 0 Å². The molecule has 2 heterocycles. The van der Waals surface area contributed by atoms with Crippen LogP contribution in [0.3, 0.4) is 0 Å². The van der Waals surface area contributed by atoms with Gasteiger partial charge in [0.15, 0.2) is 0 Å². The molecular formula is C14H24N2O4. The molecule has 2 aliphatic heterocycles. The van der Waals surface area contributed by atoms with Crippen molar-refractivity contribution in [1.29, 1.82) is 0 Å². The number of aliphatic hydroxyl groups excluding tert-OH is 1. The molecule has 6 heteroatoms. The maximum Gasteiger partial charge on any atom is 0.410 e. The van der Waals surface area contributed by atoms with Crippen LogP contribution < -0.4 is 0 Å². The topological polar surface area (TPSA) is 70.1 Å². The van der Waals surface area contributed by atoms with Crippen LogP contribution in [0.4, 0.5) is 4.79 Å². The largest absolute Gasteiger partial charge is 0.444 e. The van der Waals surface area contributed by atoms with Crippen molar-refractivity contribution >= 4 is 12.0 Å². The number of aliphatic hydroxyl groups is 1. The van der Waals surface area contributed by atoms with Crippen molar-refractivity contribution in [3.63, 3.8) is 0 Å². The summed E-state index contributed by atoms with van der Waals surface area (Å²) >= 11 is 0. The lowest BCUT2D eigenvalue weighted by molar-refractivity contribution is -0.135. The lowest BCUT2D eigenvalue weighted by Gasteiger charge is -2.38. The van der Waals surface area contributed by atoms with Crippen LogP contribution >= 0.6 is 0 Å². The second-order valence-corrected chi connectivity index (χ2v) is 5.96. The number of hydrogen-bond acceptors (Lipinski definition) is 4. The third-order valence-corrected chi connectivity index (χ3v) is 4.25. The van der Waals surface area contributed by atoms with Gasteiger partial charge in [0.05, 0.1) is 12.6 Å². The molecule has 2 saturated heterocycles. The first kappa shape index (κ1) is 15.1. The molecule has 0 aromatic heterocycles. The maximum atomic E-state index is 11.9. The smallest absolute Gasteiger partial charge is 0.410 e. The van der Waals surface area contributed by atoms with E-state index < -0.39 is 0 Å². The number of rotatable bonds is 3. The van der Waals surface area contributed by atoms with Gasteiger partial charge in [0.2, 0.25) is 5.91 Å². The quantitative estimate of drug-likeness (QED) is 0.833. The zero-order chi connectivity index (χ0) is 14.9. The highest BCUT2D eigenvalue weighted by Crippen LogP contribution is 2.27. The zero-order valence-corrected chi connectivity index (χ0v) is 12.4. The Morgan fingerprint density at radius 3 is 2.50 bits per heavy atom. The van der Waals surface area contributed by atoms with Crippen LogP contribution in [-0.4, -0.2) is 64.8 Å². The van der Waals surface area contributed by atoms with E-state index in [1.54, 1.807) is 11.8 Å². The Morgan fingerprint density at radius 1 is 1.40 bits per heavy atom. The molecule has 6 nitrogen and oxygen atoms in total. The van der Waals surface area contributed by atoms with E-state index in [0.29, 0.717) is 13.1 Å². The van der Waals surface area contributed by atoms with Crippen molar-refractivity contribution in [3.8, 4) is 0 Å². The van der Waals surface area contributed by atoms with Gasteiger partial charge in [-0.25, -0.2) is 4.79 Å². The van der Waals surface area contributed by atoms with Gasteiger partial charge in [-0.3, -0.25) is 9.69 Å². The molecule has 0 aliphatic carbocycles. The fraction of sp³-hybridized carbons (Fsp3) is 0.857. The molecule has 0 aromatic carbocycles. The van der Waals surface area contributed by atoms with E-state index >= 15 is 0 Å². The second kappa shape index (κ2) is 5.99. The molecule has 0 aromatic rings. The van der Waals surface area contributed by atoms with Gasteiger partial charge in [0.25, 0.3) is 0 Å². The summed E-state index contributed by atoms with van der Waals surface area (Å²) in [5.41, 5.74) is 0. The lowest BCUT2D eigenvalue weighted by Crippen LogP contribution is -2.51. The van der Waals surface area contributed by atoms with Crippen molar-refractivity contribution in [2.45, 2.75) is 51.8 Å². The first-order valence-corrected chi connectivity index (χ1v) is 7.34. The predicted octanol–water partition coefficient (Wildman–Crippen LogP) is 0.835. The Kier molecular flexibility index (Phi) is 4.52. The number of cyclic esters (lactones) is 1. The molecule has 114 valence electrons. The maximum absolute atomic E-state index is 11.9.